The molecule has 0 aliphatic heterocycles. The monoisotopic (exact) mass is 437 g/mol. The first-order valence-electron chi connectivity index (χ1n) is 8.78. The van der Waals surface area contributed by atoms with E-state index in [1.165, 1.54) is 12.8 Å². The molecule has 4 rings (SSSR count). The van der Waals surface area contributed by atoms with Crippen molar-refractivity contribution in [1.82, 2.24) is 14.6 Å². The standard InChI is InChI=1S/C18H21BrClN5O/c1-10-14(8-12(21)7-11-4-5-11)16(19)25-15(10)17(23-18(20)24-25)22-9-13-3-2-6-26-13/h2-3,6,11-12H,4-5,7-9,21H2,1H3,(H,22,23,24)/t12-/m0/s1. The lowest BCUT2D eigenvalue weighted by Gasteiger charge is -2.11. The summed E-state index contributed by atoms with van der Waals surface area (Å²) in [5.41, 5.74) is 9.56. The number of fused-ring (bicyclic) bond motifs is 1. The van der Waals surface area contributed by atoms with Crippen molar-refractivity contribution in [2.75, 3.05) is 5.32 Å². The highest BCUT2D eigenvalue weighted by molar-refractivity contribution is 9.10. The van der Waals surface area contributed by atoms with Gasteiger partial charge in [0.15, 0.2) is 5.82 Å². The molecular formula is C18H21BrClN5O. The molecule has 0 bridgehead atoms. The van der Waals surface area contributed by atoms with Gasteiger partial charge in [0, 0.05) is 6.04 Å². The summed E-state index contributed by atoms with van der Waals surface area (Å²) in [7, 11) is 0. The minimum atomic E-state index is 0.151. The third-order valence-electron chi connectivity index (χ3n) is 4.88. The number of hydrogen-bond donors (Lipinski definition) is 2. The van der Waals surface area contributed by atoms with Crippen molar-refractivity contribution >= 4 is 38.9 Å². The van der Waals surface area contributed by atoms with Gasteiger partial charge in [-0.15, -0.1) is 5.10 Å². The minimum absolute atomic E-state index is 0.151. The fourth-order valence-electron chi connectivity index (χ4n) is 3.38. The molecule has 0 spiro atoms. The van der Waals surface area contributed by atoms with E-state index < -0.39 is 0 Å². The van der Waals surface area contributed by atoms with E-state index in [0.717, 1.165) is 45.8 Å². The second-order valence-electron chi connectivity index (χ2n) is 6.96. The van der Waals surface area contributed by atoms with Crippen molar-refractivity contribution in [3.05, 3.63) is 45.2 Å². The van der Waals surface area contributed by atoms with E-state index in [2.05, 4.69) is 38.3 Å². The molecule has 0 saturated heterocycles. The lowest BCUT2D eigenvalue weighted by molar-refractivity contribution is 0.518. The number of nitrogens with one attached hydrogen (secondary N) is 1. The first kappa shape index (κ1) is 17.8. The minimum Gasteiger partial charge on any atom is -0.467 e. The highest BCUT2D eigenvalue weighted by Crippen LogP contribution is 2.36. The van der Waals surface area contributed by atoms with Crippen LogP contribution in [-0.4, -0.2) is 20.6 Å². The normalized spacial score (nSPS) is 15.5. The molecular weight excluding hydrogens is 418 g/mol. The Morgan fingerprint density at radius 2 is 2.31 bits per heavy atom. The molecule has 8 heteroatoms. The Hall–Kier alpha value is -1.57. The Labute approximate surface area is 165 Å². The summed E-state index contributed by atoms with van der Waals surface area (Å²) in [5, 5.41) is 7.85. The van der Waals surface area contributed by atoms with Gasteiger partial charge in [-0.1, -0.05) is 12.8 Å². The number of hydrogen-bond acceptors (Lipinski definition) is 5. The molecule has 1 aliphatic carbocycles. The zero-order valence-corrected chi connectivity index (χ0v) is 16.8. The average molecular weight is 439 g/mol. The number of nitrogens with two attached hydrogens (primary N) is 1. The molecule has 3 aromatic rings. The molecule has 0 amide bonds. The molecule has 138 valence electrons. The molecule has 0 aromatic carbocycles. The van der Waals surface area contributed by atoms with Crippen molar-refractivity contribution in [2.45, 2.75) is 45.2 Å². The zero-order chi connectivity index (χ0) is 18.3. The number of nitrogens with zero attached hydrogens (tertiary/aromatic N) is 3. The molecule has 1 atom stereocenters. The number of anilines is 1. The van der Waals surface area contributed by atoms with Crippen LogP contribution in [0.15, 0.2) is 27.4 Å². The van der Waals surface area contributed by atoms with Crippen molar-refractivity contribution in [1.29, 1.82) is 0 Å². The van der Waals surface area contributed by atoms with Crippen molar-refractivity contribution in [3.8, 4) is 0 Å². The quantitative estimate of drug-likeness (QED) is 0.574. The van der Waals surface area contributed by atoms with Crippen LogP contribution >= 0.6 is 27.5 Å². The number of furan rings is 1. The summed E-state index contributed by atoms with van der Waals surface area (Å²) < 4.78 is 8.07. The van der Waals surface area contributed by atoms with Gasteiger partial charge in [0.05, 0.1) is 12.8 Å². The number of halogens is 2. The van der Waals surface area contributed by atoms with E-state index in [-0.39, 0.29) is 11.3 Å². The third kappa shape index (κ3) is 3.61. The van der Waals surface area contributed by atoms with Crippen LogP contribution < -0.4 is 11.1 Å². The van der Waals surface area contributed by atoms with Crippen molar-refractivity contribution in [3.63, 3.8) is 0 Å². The smallest absolute Gasteiger partial charge is 0.243 e. The number of aryl methyl sites for hydroxylation is 1. The largest absolute Gasteiger partial charge is 0.467 e. The summed E-state index contributed by atoms with van der Waals surface area (Å²) in [6.45, 7) is 2.60. The van der Waals surface area contributed by atoms with Crippen LogP contribution in [0.1, 0.15) is 36.1 Å². The van der Waals surface area contributed by atoms with Gasteiger partial charge in [-0.3, -0.25) is 0 Å². The lowest BCUT2D eigenvalue weighted by Crippen LogP contribution is -2.23. The molecule has 1 fully saturated rings. The third-order valence-corrected chi connectivity index (χ3v) is 5.85. The Morgan fingerprint density at radius 3 is 3.00 bits per heavy atom. The second-order valence-corrected chi connectivity index (χ2v) is 8.05. The molecule has 3 N–H and O–H groups in total. The van der Waals surface area contributed by atoms with Crippen LogP contribution in [0.5, 0.6) is 0 Å². The van der Waals surface area contributed by atoms with Gasteiger partial charge in [0.2, 0.25) is 5.28 Å². The Balaban J connectivity index is 1.66. The van der Waals surface area contributed by atoms with E-state index in [1.54, 1.807) is 10.8 Å². The fraction of sp³-hybridized carbons (Fsp3) is 0.444. The summed E-state index contributed by atoms with van der Waals surface area (Å²) in [5.74, 6) is 2.32. The maximum absolute atomic E-state index is 6.38. The van der Waals surface area contributed by atoms with Crippen molar-refractivity contribution < 1.29 is 4.42 Å². The van der Waals surface area contributed by atoms with E-state index in [0.29, 0.717) is 12.4 Å². The van der Waals surface area contributed by atoms with Gasteiger partial charge in [-0.2, -0.15) is 4.98 Å². The molecule has 6 nitrogen and oxygen atoms in total. The zero-order valence-electron chi connectivity index (χ0n) is 14.5. The van der Waals surface area contributed by atoms with Crippen LogP contribution in [0.4, 0.5) is 5.82 Å². The van der Waals surface area contributed by atoms with Gasteiger partial charge < -0.3 is 15.5 Å². The van der Waals surface area contributed by atoms with E-state index in [9.17, 15) is 0 Å². The van der Waals surface area contributed by atoms with E-state index in [4.69, 9.17) is 21.8 Å². The topological polar surface area (TPSA) is 81.4 Å². The maximum atomic E-state index is 6.38. The highest BCUT2D eigenvalue weighted by atomic mass is 79.9. The molecule has 26 heavy (non-hydrogen) atoms. The number of aromatic nitrogens is 3. The lowest BCUT2D eigenvalue weighted by atomic mass is 10.0. The highest BCUT2D eigenvalue weighted by Gasteiger charge is 2.26. The van der Waals surface area contributed by atoms with E-state index in [1.807, 2.05) is 12.1 Å². The molecule has 0 unspecified atom stereocenters. The first-order chi connectivity index (χ1) is 12.5. The van der Waals surface area contributed by atoms with Gasteiger partial charge in [-0.05, 0) is 76.5 Å². The predicted molar refractivity (Wildman–Crippen MR) is 105 cm³/mol. The summed E-state index contributed by atoms with van der Waals surface area (Å²) in [4.78, 5) is 4.38. The van der Waals surface area contributed by atoms with Gasteiger partial charge in [-0.25, -0.2) is 4.52 Å². The fourth-order valence-corrected chi connectivity index (χ4v) is 4.25. The van der Waals surface area contributed by atoms with E-state index >= 15 is 0 Å². The Kier molecular flexibility index (Phi) is 4.94. The molecule has 1 saturated carbocycles. The average Bonchev–Trinajstić information content (AvgIpc) is 3.19. The van der Waals surface area contributed by atoms with Gasteiger partial charge in [0.25, 0.3) is 0 Å². The predicted octanol–water partition coefficient (Wildman–Crippen LogP) is 4.33. The van der Waals surface area contributed by atoms with Crippen LogP contribution in [-0.2, 0) is 13.0 Å². The summed E-state index contributed by atoms with van der Waals surface area (Å²) in [6, 6.07) is 3.92. The summed E-state index contributed by atoms with van der Waals surface area (Å²) >= 11 is 9.83. The van der Waals surface area contributed by atoms with Crippen molar-refractivity contribution in [2.24, 2.45) is 11.7 Å². The second kappa shape index (κ2) is 7.21. The Morgan fingerprint density at radius 1 is 1.50 bits per heavy atom. The van der Waals surface area contributed by atoms with Crippen LogP contribution in [0, 0.1) is 12.8 Å². The molecule has 0 radical (unpaired) electrons. The molecule has 3 heterocycles. The van der Waals surface area contributed by atoms with Crippen LogP contribution in [0.2, 0.25) is 5.28 Å². The Bertz CT molecular complexity index is 920. The first-order valence-corrected chi connectivity index (χ1v) is 9.95. The van der Waals surface area contributed by atoms with Crippen LogP contribution in [0.25, 0.3) is 5.52 Å². The summed E-state index contributed by atoms with van der Waals surface area (Å²) in [6.07, 6.45) is 6.16. The van der Waals surface area contributed by atoms with Gasteiger partial charge >= 0.3 is 0 Å². The molecule has 1 aliphatic rings. The SMILES string of the molecule is Cc1c(C[C@@H](N)CC2CC2)c(Br)n2nc(Cl)nc(NCc3ccco3)c12. The van der Waals surface area contributed by atoms with Crippen LogP contribution in [0.3, 0.4) is 0 Å². The molecule has 3 aromatic heterocycles. The maximum Gasteiger partial charge on any atom is 0.243 e. The van der Waals surface area contributed by atoms with Gasteiger partial charge in [0.1, 0.15) is 15.9 Å². The number of rotatable bonds is 7.